The van der Waals surface area contributed by atoms with E-state index in [9.17, 15) is 9.90 Å². The number of para-hydroxylation sites is 2. The Hall–Kier alpha value is -3.77. The number of carbonyl (C=O) groups excluding carboxylic acids is 1. The predicted molar refractivity (Wildman–Crippen MR) is 122 cm³/mol. The molecule has 0 fully saturated rings. The van der Waals surface area contributed by atoms with Crippen molar-refractivity contribution in [2.24, 2.45) is 0 Å². The third-order valence-electron chi connectivity index (χ3n) is 5.34. The standard InChI is InChI=1S/C24H19ClN4O2/c1-14-21(23(31)27-17-8-5-7-16(25)13-17)22(15-6-4-9-18(30)12-15)29-20-11-3-2-10-19(20)28-24(29)26-14/h2-13,22,30H,1H3,(H,26,28)(H,27,31). The molecule has 1 aromatic heterocycles. The summed E-state index contributed by atoms with van der Waals surface area (Å²) in [5, 5.41) is 16.9. The number of hydrogen-bond acceptors (Lipinski definition) is 4. The summed E-state index contributed by atoms with van der Waals surface area (Å²) < 4.78 is 1.99. The van der Waals surface area contributed by atoms with Crippen LogP contribution in [0, 0.1) is 0 Å². The van der Waals surface area contributed by atoms with Gasteiger partial charge in [-0.15, -0.1) is 0 Å². The number of rotatable bonds is 3. The molecule has 3 N–H and O–H groups in total. The van der Waals surface area contributed by atoms with Gasteiger partial charge in [0.05, 0.1) is 22.6 Å². The lowest BCUT2D eigenvalue weighted by Gasteiger charge is -2.30. The number of phenolic OH excluding ortho intramolecular Hbond substituents is 1. The van der Waals surface area contributed by atoms with Crippen LogP contribution in [0.2, 0.25) is 5.02 Å². The molecule has 5 rings (SSSR count). The molecular weight excluding hydrogens is 412 g/mol. The molecule has 1 aliphatic rings. The highest BCUT2D eigenvalue weighted by Gasteiger charge is 2.34. The number of imidazole rings is 1. The number of halogens is 1. The van der Waals surface area contributed by atoms with Crippen LogP contribution in [0.15, 0.2) is 84.1 Å². The van der Waals surface area contributed by atoms with Crippen molar-refractivity contribution in [1.29, 1.82) is 0 Å². The Morgan fingerprint density at radius 1 is 1.10 bits per heavy atom. The minimum Gasteiger partial charge on any atom is -0.508 e. The fourth-order valence-electron chi connectivity index (χ4n) is 4.03. The molecular formula is C24H19ClN4O2. The van der Waals surface area contributed by atoms with Crippen molar-refractivity contribution < 1.29 is 9.90 Å². The average Bonchev–Trinajstić information content (AvgIpc) is 3.10. The highest BCUT2D eigenvalue weighted by Crippen LogP contribution is 2.40. The van der Waals surface area contributed by atoms with Gasteiger partial charge in [-0.05, 0) is 55.0 Å². The van der Waals surface area contributed by atoms with Crippen molar-refractivity contribution >= 4 is 40.2 Å². The quantitative estimate of drug-likeness (QED) is 0.411. The minimum atomic E-state index is -0.477. The van der Waals surface area contributed by atoms with Crippen molar-refractivity contribution in [1.82, 2.24) is 9.55 Å². The Bertz CT molecular complexity index is 1360. The van der Waals surface area contributed by atoms with Gasteiger partial charge in [-0.3, -0.25) is 9.36 Å². The third-order valence-corrected chi connectivity index (χ3v) is 5.58. The largest absolute Gasteiger partial charge is 0.508 e. The van der Waals surface area contributed by atoms with Crippen LogP contribution in [-0.2, 0) is 4.79 Å². The van der Waals surface area contributed by atoms with Gasteiger partial charge in [0.15, 0.2) is 0 Å². The third kappa shape index (κ3) is 3.41. The number of nitrogens with zero attached hydrogens (tertiary/aromatic N) is 2. The van der Waals surface area contributed by atoms with E-state index in [1.54, 1.807) is 42.5 Å². The second kappa shape index (κ2) is 7.49. The molecule has 0 spiro atoms. The topological polar surface area (TPSA) is 79.2 Å². The molecule has 31 heavy (non-hydrogen) atoms. The number of allylic oxidation sites excluding steroid dienone is 1. The van der Waals surface area contributed by atoms with Gasteiger partial charge in [0.1, 0.15) is 5.75 Å². The molecule has 0 bridgehead atoms. The number of hydrogen-bond donors (Lipinski definition) is 3. The number of aromatic hydroxyl groups is 1. The SMILES string of the molecule is CC1=C(C(=O)Nc2cccc(Cl)c2)C(c2cccc(O)c2)n2c(nc3ccccc32)N1. The Morgan fingerprint density at radius 3 is 2.71 bits per heavy atom. The van der Waals surface area contributed by atoms with E-state index in [0.717, 1.165) is 16.6 Å². The molecule has 7 heteroatoms. The summed E-state index contributed by atoms with van der Waals surface area (Å²) in [6, 6.07) is 21.3. The van der Waals surface area contributed by atoms with Gasteiger partial charge < -0.3 is 15.7 Å². The Balaban J connectivity index is 1.67. The zero-order valence-corrected chi connectivity index (χ0v) is 17.4. The highest BCUT2D eigenvalue weighted by atomic mass is 35.5. The molecule has 2 heterocycles. The fourth-order valence-corrected chi connectivity index (χ4v) is 4.22. The first kappa shape index (κ1) is 19.2. The van der Waals surface area contributed by atoms with Crippen LogP contribution >= 0.6 is 11.6 Å². The average molecular weight is 431 g/mol. The van der Waals surface area contributed by atoms with E-state index in [2.05, 4.69) is 10.6 Å². The fraction of sp³-hybridized carbons (Fsp3) is 0.0833. The molecule has 4 aromatic rings. The van der Waals surface area contributed by atoms with Crippen LogP contribution < -0.4 is 10.6 Å². The molecule has 1 unspecified atom stereocenters. The van der Waals surface area contributed by atoms with E-state index in [4.69, 9.17) is 16.6 Å². The highest BCUT2D eigenvalue weighted by molar-refractivity contribution is 6.31. The van der Waals surface area contributed by atoms with E-state index in [-0.39, 0.29) is 11.7 Å². The predicted octanol–water partition coefficient (Wildman–Crippen LogP) is 5.32. The summed E-state index contributed by atoms with van der Waals surface area (Å²) >= 11 is 6.09. The second-order valence-electron chi connectivity index (χ2n) is 7.42. The lowest BCUT2D eigenvalue weighted by Crippen LogP contribution is -2.30. The van der Waals surface area contributed by atoms with E-state index in [0.29, 0.717) is 27.9 Å². The number of anilines is 2. The number of phenols is 1. The molecule has 6 nitrogen and oxygen atoms in total. The van der Waals surface area contributed by atoms with Crippen molar-refractivity contribution in [2.45, 2.75) is 13.0 Å². The molecule has 0 aliphatic carbocycles. The van der Waals surface area contributed by atoms with Gasteiger partial charge >= 0.3 is 0 Å². The summed E-state index contributed by atoms with van der Waals surface area (Å²) in [7, 11) is 0. The minimum absolute atomic E-state index is 0.134. The van der Waals surface area contributed by atoms with Crippen LogP contribution in [-0.4, -0.2) is 20.6 Å². The first-order chi connectivity index (χ1) is 15.0. The molecule has 0 radical (unpaired) electrons. The molecule has 0 saturated carbocycles. The van der Waals surface area contributed by atoms with Gasteiger partial charge in [-0.25, -0.2) is 4.98 Å². The first-order valence-electron chi connectivity index (χ1n) is 9.82. The summed E-state index contributed by atoms with van der Waals surface area (Å²) in [6.45, 7) is 1.85. The van der Waals surface area contributed by atoms with Gasteiger partial charge in [0, 0.05) is 16.4 Å². The number of benzene rings is 3. The smallest absolute Gasteiger partial charge is 0.255 e. The molecule has 1 atom stereocenters. The summed E-state index contributed by atoms with van der Waals surface area (Å²) in [5.74, 6) is 0.518. The number of amides is 1. The van der Waals surface area contributed by atoms with E-state index in [1.807, 2.05) is 41.8 Å². The number of carbonyl (C=O) groups is 1. The zero-order valence-electron chi connectivity index (χ0n) is 16.6. The van der Waals surface area contributed by atoms with Crippen LogP contribution in [0.4, 0.5) is 11.6 Å². The maximum atomic E-state index is 13.5. The molecule has 1 amide bonds. The summed E-state index contributed by atoms with van der Waals surface area (Å²) in [4.78, 5) is 18.2. The normalized spacial score (nSPS) is 15.5. The number of aromatic nitrogens is 2. The van der Waals surface area contributed by atoms with Crippen molar-refractivity contribution in [3.63, 3.8) is 0 Å². The Kier molecular flexibility index (Phi) is 4.64. The van der Waals surface area contributed by atoms with Crippen LogP contribution in [0.25, 0.3) is 11.0 Å². The number of nitrogens with one attached hydrogen (secondary N) is 2. The summed E-state index contributed by atoms with van der Waals surface area (Å²) in [6.07, 6.45) is 0. The van der Waals surface area contributed by atoms with Crippen LogP contribution in [0.5, 0.6) is 5.75 Å². The lowest BCUT2D eigenvalue weighted by molar-refractivity contribution is -0.113. The second-order valence-corrected chi connectivity index (χ2v) is 7.86. The van der Waals surface area contributed by atoms with Crippen molar-refractivity contribution in [3.05, 3.63) is 94.7 Å². The number of fused-ring (bicyclic) bond motifs is 3. The van der Waals surface area contributed by atoms with E-state index in [1.165, 1.54) is 0 Å². The van der Waals surface area contributed by atoms with Gasteiger partial charge in [0.2, 0.25) is 5.95 Å². The van der Waals surface area contributed by atoms with Crippen LogP contribution in [0.1, 0.15) is 18.5 Å². The summed E-state index contributed by atoms with van der Waals surface area (Å²) in [5.41, 5.74) is 4.31. The van der Waals surface area contributed by atoms with Crippen molar-refractivity contribution in [2.75, 3.05) is 10.6 Å². The lowest BCUT2D eigenvalue weighted by atomic mass is 9.94. The zero-order chi connectivity index (χ0) is 21.5. The monoisotopic (exact) mass is 430 g/mol. The van der Waals surface area contributed by atoms with E-state index < -0.39 is 6.04 Å². The Morgan fingerprint density at radius 2 is 1.90 bits per heavy atom. The van der Waals surface area contributed by atoms with E-state index >= 15 is 0 Å². The Labute approximate surface area is 183 Å². The molecule has 154 valence electrons. The van der Waals surface area contributed by atoms with Gasteiger partial charge in [0.25, 0.3) is 5.91 Å². The van der Waals surface area contributed by atoms with Crippen LogP contribution in [0.3, 0.4) is 0 Å². The molecule has 3 aromatic carbocycles. The van der Waals surface area contributed by atoms with Gasteiger partial charge in [-0.1, -0.05) is 41.9 Å². The maximum Gasteiger partial charge on any atom is 0.255 e. The first-order valence-corrected chi connectivity index (χ1v) is 10.2. The maximum absolute atomic E-state index is 13.5. The molecule has 1 aliphatic heterocycles. The van der Waals surface area contributed by atoms with Crippen molar-refractivity contribution in [3.8, 4) is 5.75 Å². The van der Waals surface area contributed by atoms with Gasteiger partial charge in [-0.2, -0.15) is 0 Å². The molecule has 0 saturated heterocycles.